The Morgan fingerprint density at radius 3 is 2.44 bits per heavy atom. The van der Waals surface area contributed by atoms with Crippen molar-refractivity contribution in [2.45, 2.75) is 44.1 Å². The van der Waals surface area contributed by atoms with Crippen LogP contribution in [0.25, 0.3) is 0 Å². The number of carboxylic acids is 1. The van der Waals surface area contributed by atoms with Crippen LogP contribution >= 0.6 is 0 Å². The summed E-state index contributed by atoms with van der Waals surface area (Å²) in [5.74, 6) is -0.888. The lowest BCUT2D eigenvalue weighted by Gasteiger charge is -2.26. The lowest BCUT2D eigenvalue weighted by Crippen LogP contribution is -2.31. The van der Waals surface area contributed by atoms with Gasteiger partial charge in [-0.1, -0.05) is 6.58 Å². The number of rotatable bonds is 4. The molecular formula is C12H16O4. The molecule has 0 aromatic heterocycles. The number of hydrogen-bond acceptors (Lipinski definition) is 3. The van der Waals surface area contributed by atoms with Crippen molar-refractivity contribution in [3.63, 3.8) is 0 Å². The Kier molecular flexibility index (Phi) is 2.74. The van der Waals surface area contributed by atoms with Gasteiger partial charge < -0.3 is 9.84 Å². The maximum atomic E-state index is 11.6. The molecule has 0 heterocycles. The Morgan fingerprint density at radius 2 is 2.00 bits per heavy atom. The van der Waals surface area contributed by atoms with Crippen LogP contribution in [0.5, 0.6) is 0 Å². The van der Waals surface area contributed by atoms with Gasteiger partial charge in [-0.2, -0.15) is 0 Å². The Balaban J connectivity index is 1.92. The maximum Gasteiger partial charge on any atom is 0.334 e. The molecule has 0 amide bonds. The van der Waals surface area contributed by atoms with E-state index in [4.69, 9.17) is 9.84 Å². The molecule has 16 heavy (non-hydrogen) atoms. The molecule has 0 saturated heterocycles. The summed E-state index contributed by atoms with van der Waals surface area (Å²) in [6, 6.07) is 0. The number of carbonyl (C=O) groups excluding carboxylic acids is 1. The molecule has 1 N–H and O–H groups in total. The average molecular weight is 224 g/mol. The number of hydrogen-bond donors (Lipinski definition) is 1. The van der Waals surface area contributed by atoms with Crippen molar-refractivity contribution in [3.8, 4) is 0 Å². The van der Waals surface area contributed by atoms with E-state index in [2.05, 4.69) is 6.58 Å². The quantitative estimate of drug-likeness (QED) is 0.585. The topological polar surface area (TPSA) is 63.6 Å². The Hall–Kier alpha value is -1.32. The number of ether oxygens (including phenoxy) is 1. The summed E-state index contributed by atoms with van der Waals surface area (Å²) >= 11 is 0. The van der Waals surface area contributed by atoms with Crippen LogP contribution in [0.4, 0.5) is 0 Å². The van der Waals surface area contributed by atoms with Crippen LogP contribution in [0, 0.1) is 5.92 Å². The van der Waals surface area contributed by atoms with E-state index in [-0.39, 0.29) is 17.6 Å². The highest BCUT2D eigenvalue weighted by atomic mass is 16.6. The number of carboxylic acid groups (broad SMARTS) is 1. The van der Waals surface area contributed by atoms with Gasteiger partial charge in [0.05, 0.1) is 6.42 Å². The van der Waals surface area contributed by atoms with Crippen molar-refractivity contribution in [1.82, 2.24) is 0 Å². The van der Waals surface area contributed by atoms with E-state index in [0.717, 1.165) is 32.1 Å². The van der Waals surface area contributed by atoms with Gasteiger partial charge in [-0.3, -0.25) is 4.79 Å². The molecule has 2 aliphatic carbocycles. The first-order chi connectivity index (χ1) is 7.51. The van der Waals surface area contributed by atoms with Crippen molar-refractivity contribution < 1.29 is 19.4 Å². The van der Waals surface area contributed by atoms with E-state index in [1.165, 1.54) is 0 Å². The molecule has 88 valence electrons. The fraction of sp³-hybridized carbons (Fsp3) is 0.667. The van der Waals surface area contributed by atoms with Gasteiger partial charge >= 0.3 is 11.9 Å². The molecule has 0 radical (unpaired) electrons. The summed E-state index contributed by atoms with van der Waals surface area (Å²) in [6.45, 7) is 3.46. The zero-order valence-corrected chi connectivity index (χ0v) is 9.20. The molecule has 2 aliphatic rings. The van der Waals surface area contributed by atoms with Gasteiger partial charge in [-0.15, -0.1) is 0 Å². The largest absolute Gasteiger partial charge is 0.481 e. The Labute approximate surface area is 94.3 Å². The smallest absolute Gasteiger partial charge is 0.334 e. The SMILES string of the molecule is C=C(CC(=O)O)C(=O)OC12CCC(CC1)C2. The maximum absolute atomic E-state index is 11.6. The summed E-state index contributed by atoms with van der Waals surface area (Å²) < 4.78 is 5.45. The molecule has 0 aromatic rings. The van der Waals surface area contributed by atoms with E-state index in [9.17, 15) is 9.59 Å². The van der Waals surface area contributed by atoms with E-state index in [0.29, 0.717) is 5.92 Å². The van der Waals surface area contributed by atoms with Crippen molar-refractivity contribution >= 4 is 11.9 Å². The first-order valence-corrected chi connectivity index (χ1v) is 5.64. The van der Waals surface area contributed by atoms with Crippen LogP contribution in [0.2, 0.25) is 0 Å². The highest BCUT2D eigenvalue weighted by Gasteiger charge is 2.47. The molecule has 2 saturated carbocycles. The van der Waals surface area contributed by atoms with Gasteiger partial charge in [0.2, 0.25) is 0 Å². The first-order valence-electron chi connectivity index (χ1n) is 5.64. The predicted molar refractivity (Wildman–Crippen MR) is 56.8 cm³/mol. The van der Waals surface area contributed by atoms with Crippen molar-refractivity contribution in [2.75, 3.05) is 0 Å². The minimum atomic E-state index is -1.05. The normalized spacial score (nSPS) is 31.4. The highest BCUT2D eigenvalue weighted by molar-refractivity contribution is 5.93. The summed E-state index contributed by atoms with van der Waals surface area (Å²) in [6.07, 6.45) is 4.70. The molecule has 2 fully saturated rings. The average Bonchev–Trinajstić information content (AvgIpc) is 2.75. The second-order valence-electron chi connectivity index (χ2n) is 4.89. The second-order valence-corrected chi connectivity index (χ2v) is 4.89. The molecule has 2 bridgehead atoms. The number of aliphatic carboxylic acids is 1. The van der Waals surface area contributed by atoms with E-state index >= 15 is 0 Å². The van der Waals surface area contributed by atoms with Gasteiger partial charge in [0.1, 0.15) is 5.60 Å². The van der Waals surface area contributed by atoms with E-state index < -0.39 is 11.9 Å². The van der Waals surface area contributed by atoms with E-state index in [1.54, 1.807) is 0 Å². The fourth-order valence-electron chi connectivity index (χ4n) is 2.81. The fourth-order valence-corrected chi connectivity index (χ4v) is 2.81. The predicted octanol–water partition coefficient (Wildman–Crippen LogP) is 1.89. The van der Waals surface area contributed by atoms with Crippen LogP contribution in [0.3, 0.4) is 0 Å². The minimum absolute atomic E-state index is 0.0391. The van der Waals surface area contributed by atoms with Gasteiger partial charge in [-0.25, -0.2) is 4.79 Å². The second kappa shape index (κ2) is 3.92. The van der Waals surface area contributed by atoms with Crippen molar-refractivity contribution in [3.05, 3.63) is 12.2 Å². The minimum Gasteiger partial charge on any atom is -0.481 e. The Morgan fingerprint density at radius 1 is 1.38 bits per heavy atom. The lowest BCUT2D eigenvalue weighted by atomic mass is 9.97. The lowest BCUT2D eigenvalue weighted by molar-refractivity contribution is -0.155. The zero-order valence-electron chi connectivity index (χ0n) is 9.20. The highest BCUT2D eigenvalue weighted by Crippen LogP contribution is 2.50. The monoisotopic (exact) mass is 224 g/mol. The number of esters is 1. The van der Waals surface area contributed by atoms with Gasteiger partial charge in [-0.05, 0) is 38.0 Å². The molecule has 4 nitrogen and oxygen atoms in total. The van der Waals surface area contributed by atoms with Gasteiger partial charge in [0, 0.05) is 5.57 Å². The number of carbonyl (C=O) groups is 2. The first kappa shape index (κ1) is 11.2. The van der Waals surface area contributed by atoms with Crippen molar-refractivity contribution in [1.29, 1.82) is 0 Å². The third-order valence-electron chi connectivity index (χ3n) is 3.64. The van der Waals surface area contributed by atoms with Crippen LogP contribution < -0.4 is 0 Å². The molecule has 0 aliphatic heterocycles. The number of fused-ring (bicyclic) bond motifs is 2. The van der Waals surface area contributed by atoms with Crippen molar-refractivity contribution in [2.24, 2.45) is 5.92 Å². The summed E-state index contributed by atoms with van der Waals surface area (Å²) in [5, 5.41) is 8.55. The third-order valence-corrected chi connectivity index (χ3v) is 3.64. The summed E-state index contributed by atoms with van der Waals surface area (Å²) in [5.41, 5.74) is -0.263. The Bertz CT molecular complexity index is 337. The zero-order chi connectivity index (χ0) is 11.8. The molecule has 0 aromatic carbocycles. The van der Waals surface area contributed by atoms with E-state index in [1.807, 2.05) is 0 Å². The molecule has 2 rings (SSSR count). The molecule has 0 unspecified atom stereocenters. The summed E-state index contributed by atoms with van der Waals surface area (Å²) in [4.78, 5) is 22.1. The molecular weight excluding hydrogens is 208 g/mol. The van der Waals surface area contributed by atoms with Gasteiger partial charge in [0.25, 0.3) is 0 Å². The summed E-state index contributed by atoms with van der Waals surface area (Å²) in [7, 11) is 0. The van der Waals surface area contributed by atoms with Crippen LogP contribution in [0.15, 0.2) is 12.2 Å². The molecule has 4 heteroatoms. The molecule has 0 spiro atoms. The van der Waals surface area contributed by atoms with Gasteiger partial charge in [0.15, 0.2) is 0 Å². The third kappa shape index (κ3) is 2.10. The van der Waals surface area contributed by atoms with Crippen LogP contribution in [0.1, 0.15) is 38.5 Å². The molecule has 0 atom stereocenters. The van der Waals surface area contributed by atoms with Crippen LogP contribution in [-0.4, -0.2) is 22.6 Å². The standard InChI is InChI=1S/C12H16O4/c1-8(6-10(13)14)11(15)16-12-4-2-9(7-12)3-5-12/h9H,1-7H2,(H,13,14). The van der Waals surface area contributed by atoms with Crippen LogP contribution in [-0.2, 0) is 14.3 Å².